The quantitative estimate of drug-likeness (QED) is 0.166. The molecule has 1 aromatic heterocycles. The van der Waals surface area contributed by atoms with Gasteiger partial charge in [0.1, 0.15) is 0 Å². The van der Waals surface area contributed by atoms with E-state index in [1.807, 2.05) is 0 Å². The van der Waals surface area contributed by atoms with Crippen LogP contribution in [0.2, 0.25) is 0 Å². The molecule has 11 aromatic rings. The van der Waals surface area contributed by atoms with Crippen molar-refractivity contribution in [3.8, 4) is 27.9 Å². The van der Waals surface area contributed by atoms with Crippen molar-refractivity contribution >= 4 is 55.9 Å². The Morgan fingerprint density at radius 3 is 1.42 bits per heavy atom. The largest absolute Gasteiger partial charge is 0.310 e. The van der Waals surface area contributed by atoms with Gasteiger partial charge in [0.25, 0.3) is 0 Å². The van der Waals surface area contributed by atoms with Gasteiger partial charge < -0.3 is 14.4 Å². The van der Waals surface area contributed by atoms with Crippen LogP contribution >= 0.6 is 0 Å². The molecule has 0 N–H and O–H groups in total. The molecule has 0 fully saturated rings. The maximum Gasteiger partial charge on any atom is 0.0755 e. The number of fused-ring (bicyclic) bond motifs is 12. The van der Waals surface area contributed by atoms with Gasteiger partial charge in [-0.1, -0.05) is 164 Å². The third-order valence-electron chi connectivity index (χ3n) is 13.6. The lowest BCUT2D eigenvalue weighted by Gasteiger charge is -2.45. The van der Waals surface area contributed by atoms with Crippen molar-refractivity contribution in [2.75, 3.05) is 9.80 Å². The molecule has 3 heteroatoms. The Morgan fingerprint density at radius 1 is 0.312 bits per heavy atom. The predicted octanol–water partition coefficient (Wildman–Crippen LogP) is 16.1. The van der Waals surface area contributed by atoms with Crippen LogP contribution in [0.15, 0.2) is 249 Å². The second kappa shape index (κ2) is 14.3. The number of benzene rings is 10. The van der Waals surface area contributed by atoms with Gasteiger partial charge in [-0.05, 0) is 129 Å². The molecule has 2 heterocycles. The molecule has 0 unspecified atom stereocenters. The van der Waals surface area contributed by atoms with Crippen LogP contribution in [0.3, 0.4) is 0 Å². The summed E-state index contributed by atoms with van der Waals surface area (Å²) in [6, 6.07) is 91.3. The monoisotopic (exact) mass is 815 g/mol. The van der Waals surface area contributed by atoms with Crippen LogP contribution in [-0.2, 0) is 5.41 Å². The van der Waals surface area contributed by atoms with Gasteiger partial charge in [0.05, 0.1) is 27.8 Å². The zero-order valence-electron chi connectivity index (χ0n) is 35.0. The second-order valence-electron chi connectivity index (χ2n) is 16.9. The minimum atomic E-state index is -0.566. The molecule has 13 rings (SSSR count). The van der Waals surface area contributed by atoms with E-state index in [4.69, 9.17) is 0 Å². The van der Waals surface area contributed by atoms with E-state index in [1.54, 1.807) is 0 Å². The van der Waals surface area contributed by atoms with Gasteiger partial charge in [-0.2, -0.15) is 0 Å². The summed E-state index contributed by atoms with van der Waals surface area (Å²) in [7, 11) is 0. The third-order valence-corrected chi connectivity index (χ3v) is 13.6. The zero-order chi connectivity index (χ0) is 42.2. The summed E-state index contributed by atoms with van der Waals surface area (Å²) in [4.78, 5) is 4.87. The molecule has 0 amide bonds. The molecule has 2 aliphatic rings. The maximum absolute atomic E-state index is 2.48. The molecule has 1 spiro atoms. The molecule has 0 atom stereocenters. The lowest BCUT2D eigenvalue weighted by atomic mass is 9.64. The van der Waals surface area contributed by atoms with E-state index in [1.165, 1.54) is 77.7 Å². The molecular weight excluding hydrogens is 775 g/mol. The smallest absolute Gasteiger partial charge is 0.0755 e. The summed E-state index contributed by atoms with van der Waals surface area (Å²) in [6.07, 6.45) is 0. The Morgan fingerprint density at radius 2 is 0.781 bits per heavy atom. The number of nitrogens with zero attached hydrogens (tertiary/aromatic N) is 3. The molecular formula is C61H41N3. The summed E-state index contributed by atoms with van der Waals surface area (Å²) in [5.41, 5.74) is 19.8. The number of anilines is 6. The van der Waals surface area contributed by atoms with Crippen molar-refractivity contribution in [3.05, 3.63) is 271 Å². The van der Waals surface area contributed by atoms with Crippen LogP contribution in [0.25, 0.3) is 49.7 Å². The van der Waals surface area contributed by atoms with E-state index in [9.17, 15) is 0 Å². The van der Waals surface area contributed by atoms with Crippen LogP contribution in [0.5, 0.6) is 0 Å². The normalized spacial score (nSPS) is 13.1. The van der Waals surface area contributed by atoms with Crippen molar-refractivity contribution in [2.45, 2.75) is 5.41 Å². The highest BCUT2D eigenvalue weighted by molar-refractivity contribution is 6.09. The van der Waals surface area contributed by atoms with Crippen molar-refractivity contribution in [1.82, 2.24) is 4.57 Å². The van der Waals surface area contributed by atoms with Gasteiger partial charge >= 0.3 is 0 Å². The van der Waals surface area contributed by atoms with Gasteiger partial charge in [-0.3, -0.25) is 0 Å². The SMILES string of the molecule is c1ccc(-c2ccc(N(c3ccc(-n4c5ccccc5c5ccccc54)cc3)c3ccc4c(c3)C3(c5ccccc5-4)c4ccccc4N(c4ccccc4)c4ccccc43)cc2)cc1. The van der Waals surface area contributed by atoms with Gasteiger partial charge in [-0.25, -0.2) is 0 Å². The summed E-state index contributed by atoms with van der Waals surface area (Å²) < 4.78 is 2.39. The Labute approximate surface area is 373 Å². The van der Waals surface area contributed by atoms with Gasteiger partial charge in [0, 0.05) is 39.2 Å². The fourth-order valence-corrected chi connectivity index (χ4v) is 10.9. The van der Waals surface area contributed by atoms with E-state index >= 15 is 0 Å². The highest BCUT2D eigenvalue weighted by Crippen LogP contribution is 2.64. The van der Waals surface area contributed by atoms with Crippen LogP contribution < -0.4 is 9.80 Å². The average molecular weight is 816 g/mol. The molecule has 10 aromatic carbocycles. The number of rotatable bonds is 6. The van der Waals surface area contributed by atoms with E-state index in [2.05, 4.69) is 263 Å². The topological polar surface area (TPSA) is 11.4 Å². The first-order valence-corrected chi connectivity index (χ1v) is 22.1. The summed E-state index contributed by atoms with van der Waals surface area (Å²) in [5, 5.41) is 2.52. The number of para-hydroxylation sites is 5. The number of hydrogen-bond acceptors (Lipinski definition) is 2. The van der Waals surface area contributed by atoms with Crippen LogP contribution in [-0.4, -0.2) is 4.57 Å². The molecule has 0 saturated carbocycles. The van der Waals surface area contributed by atoms with Gasteiger partial charge in [-0.15, -0.1) is 0 Å². The van der Waals surface area contributed by atoms with Crippen LogP contribution in [0.4, 0.5) is 34.1 Å². The van der Waals surface area contributed by atoms with Crippen molar-refractivity contribution < 1.29 is 0 Å². The summed E-state index contributed by atoms with van der Waals surface area (Å²) >= 11 is 0. The molecule has 0 radical (unpaired) electrons. The Kier molecular flexibility index (Phi) is 8.13. The molecule has 300 valence electrons. The standard InChI is InChI=1S/C61H41N3/c1-3-17-42(18-4-1)43-31-33-45(34-32-43)62(46-35-37-47(38-36-46)63-57-27-13-8-22-51(57)52-23-9-14-28-58(52)63)48-39-40-50-49-21-7-10-24-53(49)61(56(50)41-48)54-25-11-15-29-59(54)64(44-19-5-2-6-20-44)60-30-16-12-26-55(60)61/h1-41H. The Bertz CT molecular complexity index is 3450. The highest BCUT2D eigenvalue weighted by Gasteiger charge is 2.51. The van der Waals surface area contributed by atoms with E-state index in [-0.39, 0.29) is 0 Å². The number of hydrogen-bond donors (Lipinski definition) is 0. The van der Waals surface area contributed by atoms with Gasteiger partial charge in [0.2, 0.25) is 0 Å². The van der Waals surface area contributed by atoms with E-state index < -0.39 is 5.41 Å². The lowest BCUT2D eigenvalue weighted by molar-refractivity contribution is 0.752. The average Bonchev–Trinajstić information content (AvgIpc) is 3.86. The van der Waals surface area contributed by atoms with Crippen molar-refractivity contribution in [1.29, 1.82) is 0 Å². The molecule has 3 nitrogen and oxygen atoms in total. The Hall–Kier alpha value is -8.40. The fourth-order valence-electron chi connectivity index (χ4n) is 10.9. The molecule has 64 heavy (non-hydrogen) atoms. The van der Waals surface area contributed by atoms with E-state index in [0.717, 1.165) is 28.4 Å². The number of aromatic nitrogens is 1. The lowest BCUT2D eigenvalue weighted by Crippen LogP contribution is -2.36. The third kappa shape index (κ3) is 5.28. The molecule has 0 bridgehead atoms. The van der Waals surface area contributed by atoms with E-state index in [0.29, 0.717) is 0 Å². The molecule has 1 aliphatic heterocycles. The van der Waals surface area contributed by atoms with Crippen molar-refractivity contribution in [2.24, 2.45) is 0 Å². The summed E-state index contributed by atoms with van der Waals surface area (Å²) in [5.74, 6) is 0. The minimum Gasteiger partial charge on any atom is -0.310 e. The first kappa shape index (κ1) is 36.3. The van der Waals surface area contributed by atoms with Crippen LogP contribution in [0.1, 0.15) is 22.3 Å². The first-order chi connectivity index (χ1) is 31.8. The highest BCUT2D eigenvalue weighted by atomic mass is 15.2. The molecule has 0 saturated heterocycles. The first-order valence-electron chi connectivity index (χ1n) is 22.1. The maximum atomic E-state index is 2.48. The van der Waals surface area contributed by atoms with Crippen molar-refractivity contribution in [3.63, 3.8) is 0 Å². The summed E-state index contributed by atoms with van der Waals surface area (Å²) in [6.45, 7) is 0. The fraction of sp³-hybridized carbons (Fsp3) is 0.0164. The van der Waals surface area contributed by atoms with Gasteiger partial charge in [0.15, 0.2) is 0 Å². The zero-order valence-corrected chi connectivity index (χ0v) is 35.0. The predicted molar refractivity (Wildman–Crippen MR) is 266 cm³/mol. The minimum absolute atomic E-state index is 0.566. The Balaban J connectivity index is 1.03. The molecule has 1 aliphatic carbocycles. The van der Waals surface area contributed by atoms with Crippen LogP contribution in [0, 0.1) is 0 Å². The second-order valence-corrected chi connectivity index (χ2v) is 16.9.